The lowest BCUT2D eigenvalue weighted by molar-refractivity contribution is 0.314. The molecule has 0 amide bonds. The van der Waals surface area contributed by atoms with E-state index >= 15 is 0 Å². The standard InChI is InChI=1S/C19H28N2/c1-3-20-13-17-12-19(17,14-20)16-4-6-18(7-5-16)21-10-8-15(2)9-11-21/h4-7,15,17H,3,8-14H2,1-2H3. The predicted molar refractivity (Wildman–Crippen MR) is 89.0 cm³/mol. The molecule has 4 rings (SSSR count). The molecular weight excluding hydrogens is 256 g/mol. The third-order valence-electron chi connectivity index (χ3n) is 6.25. The fourth-order valence-electron chi connectivity index (χ4n) is 4.55. The van der Waals surface area contributed by atoms with E-state index in [1.807, 2.05) is 0 Å². The van der Waals surface area contributed by atoms with Crippen LogP contribution in [0.3, 0.4) is 0 Å². The van der Waals surface area contributed by atoms with Crippen LogP contribution in [0.1, 0.15) is 38.7 Å². The van der Waals surface area contributed by atoms with Crippen molar-refractivity contribution in [3.63, 3.8) is 0 Å². The van der Waals surface area contributed by atoms with Crippen LogP contribution in [-0.4, -0.2) is 37.6 Å². The zero-order chi connectivity index (χ0) is 14.4. The molecule has 2 atom stereocenters. The molecule has 1 aliphatic carbocycles. The minimum Gasteiger partial charge on any atom is -0.372 e. The molecule has 3 aliphatic rings. The Hall–Kier alpha value is -1.02. The molecule has 21 heavy (non-hydrogen) atoms. The average Bonchev–Trinajstić information content (AvgIpc) is 3.10. The van der Waals surface area contributed by atoms with Gasteiger partial charge in [-0.15, -0.1) is 0 Å². The van der Waals surface area contributed by atoms with Crippen LogP contribution in [0, 0.1) is 11.8 Å². The van der Waals surface area contributed by atoms with E-state index in [2.05, 4.69) is 47.9 Å². The normalized spacial score (nSPS) is 33.2. The Morgan fingerprint density at radius 2 is 1.86 bits per heavy atom. The van der Waals surface area contributed by atoms with Crippen molar-refractivity contribution in [2.24, 2.45) is 11.8 Å². The van der Waals surface area contributed by atoms with Crippen molar-refractivity contribution < 1.29 is 0 Å². The summed E-state index contributed by atoms with van der Waals surface area (Å²) in [7, 11) is 0. The lowest BCUT2D eigenvalue weighted by Crippen LogP contribution is -2.32. The summed E-state index contributed by atoms with van der Waals surface area (Å²) in [6, 6.07) is 9.60. The summed E-state index contributed by atoms with van der Waals surface area (Å²) < 4.78 is 0. The monoisotopic (exact) mass is 284 g/mol. The number of benzene rings is 1. The first kappa shape index (κ1) is 13.6. The molecule has 0 aromatic heterocycles. The summed E-state index contributed by atoms with van der Waals surface area (Å²) in [5.74, 6) is 1.84. The van der Waals surface area contributed by atoms with Crippen molar-refractivity contribution in [1.82, 2.24) is 4.90 Å². The van der Waals surface area contributed by atoms with Crippen LogP contribution in [0.4, 0.5) is 5.69 Å². The van der Waals surface area contributed by atoms with E-state index in [-0.39, 0.29) is 0 Å². The Balaban J connectivity index is 1.48. The Kier molecular flexibility index (Phi) is 3.25. The van der Waals surface area contributed by atoms with Crippen molar-refractivity contribution in [2.45, 2.75) is 38.5 Å². The summed E-state index contributed by atoms with van der Waals surface area (Å²) in [5, 5.41) is 0. The van der Waals surface area contributed by atoms with E-state index in [1.54, 1.807) is 5.56 Å². The quantitative estimate of drug-likeness (QED) is 0.838. The number of hydrogen-bond donors (Lipinski definition) is 0. The highest BCUT2D eigenvalue weighted by Crippen LogP contribution is 2.59. The maximum absolute atomic E-state index is 2.62. The van der Waals surface area contributed by atoms with Gasteiger partial charge in [0.2, 0.25) is 0 Å². The molecule has 1 aromatic carbocycles. The largest absolute Gasteiger partial charge is 0.372 e. The Bertz CT molecular complexity index is 501. The minimum absolute atomic E-state index is 0.519. The van der Waals surface area contributed by atoms with Gasteiger partial charge in [-0.05, 0) is 55.3 Å². The first-order valence-corrected chi connectivity index (χ1v) is 8.79. The molecule has 2 saturated heterocycles. The van der Waals surface area contributed by atoms with Gasteiger partial charge >= 0.3 is 0 Å². The van der Waals surface area contributed by atoms with Crippen molar-refractivity contribution in [3.8, 4) is 0 Å². The molecule has 1 aromatic rings. The van der Waals surface area contributed by atoms with Crippen molar-refractivity contribution in [3.05, 3.63) is 29.8 Å². The molecule has 2 heterocycles. The van der Waals surface area contributed by atoms with Gasteiger partial charge in [0.15, 0.2) is 0 Å². The average molecular weight is 284 g/mol. The van der Waals surface area contributed by atoms with Gasteiger partial charge in [0.1, 0.15) is 0 Å². The number of likely N-dealkylation sites (N-methyl/N-ethyl adjacent to an activating group) is 1. The Morgan fingerprint density at radius 1 is 1.14 bits per heavy atom. The molecule has 114 valence electrons. The molecule has 2 nitrogen and oxygen atoms in total. The van der Waals surface area contributed by atoms with Gasteiger partial charge in [0, 0.05) is 37.3 Å². The second-order valence-corrected chi connectivity index (χ2v) is 7.60. The van der Waals surface area contributed by atoms with Gasteiger partial charge in [-0.25, -0.2) is 0 Å². The highest BCUT2D eigenvalue weighted by Gasteiger charge is 2.60. The lowest BCUT2D eigenvalue weighted by Gasteiger charge is -2.32. The van der Waals surface area contributed by atoms with Crippen LogP contribution in [0.25, 0.3) is 0 Å². The lowest BCUT2D eigenvalue weighted by atomic mass is 9.94. The second kappa shape index (κ2) is 5.01. The van der Waals surface area contributed by atoms with Gasteiger partial charge in [0.05, 0.1) is 0 Å². The second-order valence-electron chi connectivity index (χ2n) is 7.60. The van der Waals surface area contributed by atoms with Crippen LogP contribution < -0.4 is 4.90 Å². The SMILES string of the molecule is CCN1CC2CC2(c2ccc(N3CCC(C)CC3)cc2)C1. The summed E-state index contributed by atoms with van der Waals surface area (Å²) in [6.45, 7) is 11.0. The molecule has 0 N–H and O–H groups in total. The highest BCUT2D eigenvalue weighted by atomic mass is 15.2. The molecular formula is C19H28N2. The smallest absolute Gasteiger partial charge is 0.0366 e. The molecule has 1 saturated carbocycles. The summed E-state index contributed by atoms with van der Waals surface area (Å²) >= 11 is 0. The number of nitrogens with zero attached hydrogens (tertiary/aromatic N) is 2. The van der Waals surface area contributed by atoms with Crippen LogP contribution in [0.15, 0.2) is 24.3 Å². The van der Waals surface area contributed by atoms with Crippen LogP contribution >= 0.6 is 0 Å². The molecule has 2 aliphatic heterocycles. The van der Waals surface area contributed by atoms with Crippen LogP contribution in [0.2, 0.25) is 0 Å². The summed E-state index contributed by atoms with van der Waals surface area (Å²) in [6.07, 6.45) is 4.11. The maximum atomic E-state index is 2.62. The third kappa shape index (κ3) is 2.28. The van der Waals surface area contributed by atoms with E-state index < -0.39 is 0 Å². The molecule has 0 spiro atoms. The third-order valence-corrected chi connectivity index (χ3v) is 6.25. The van der Waals surface area contributed by atoms with Gasteiger partial charge in [-0.3, -0.25) is 0 Å². The number of anilines is 1. The predicted octanol–water partition coefficient (Wildman–Crippen LogP) is 3.52. The highest BCUT2D eigenvalue weighted by molar-refractivity contribution is 5.51. The fourth-order valence-corrected chi connectivity index (χ4v) is 4.55. The number of fused-ring (bicyclic) bond motifs is 1. The van der Waals surface area contributed by atoms with E-state index in [1.165, 1.54) is 57.7 Å². The first-order valence-electron chi connectivity index (χ1n) is 8.79. The van der Waals surface area contributed by atoms with E-state index in [0.717, 1.165) is 11.8 Å². The van der Waals surface area contributed by atoms with E-state index in [0.29, 0.717) is 5.41 Å². The molecule has 2 heteroatoms. The Morgan fingerprint density at radius 3 is 2.48 bits per heavy atom. The fraction of sp³-hybridized carbons (Fsp3) is 0.684. The van der Waals surface area contributed by atoms with Gasteiger partial charge in [-0.2, -0.15) is 0 Å². The van der Waals surface area contributed by atoms with Crippen molar-refractivity contribution >= 4 is 5.69 Å². The first-order chi connectivity index (χ1) is 10.2. The molecule has 2 unspecified atom stereocenters. The van der Waals surface area contributed by atoms with Crippen LogP contribution in [0.5, 0.6) is 0 Å². The number of likely N-dealkylation sites (tertiary alicyclic amines) is 1. The molecule has 0 radical (unpaired) electrons. The van der Waals surface area contributed by atoms with E-state index in [4.69, 9.17) is 0 Å². The molecule has 0 bridgehead atoms. The topological polar surface area (TPSA) is 6.48 Å². The van der Waals surface area contributed by atoms with Crippen molar-refractivity contribution in [2.75, 3.05) is 37.6 Å². The van der Waals surface area contributed by atoms with Crippen molar-refractivity contribution in [1.29, 1.82) is 0 Å². The minimum atomic E-state index is 0.519. The zero-order valence-corrected chi connectivity index (χ0v) is 13.5. The van der Waals surface area contributed by atoms with Gasteiger partial charge < -0.3 is 9.80 Å². The summed E-state index contributed by atoms with van der Waals surface area (Å²) in [5.41, 5.74) is 3.55. The number of piperidine rings is 2. The Labute approximate surface area is 129 Å². The van der Waals surface area contributed by atoms with Crippen LogP contribution in [-0.2, 0) is 5.41 Å². The van der Waals surface area contributed by atoms with Gasteiger partial charge in [0.25, 0.3) is 0 Å². The van der Waals surface area contributed by atoms with Gasteiger partial charge in [-0.1, -0.05) is 26.0 Å². The number of rotatable bonds is 3. The molecule has 3 fully saturated rings. The van der Waals surface area contributed by atoms with E-state index in [9.17, 15) is 0 Å². The maximum Gasteiger partial charge on any atom is 0.0366 e. The summed E-state index contributed by atoms with van der Waals surface area (Å²) in [4.78, 5) is 5.19. The zero-order valence-electron chi connectivity index (χ0n) is 13.5. The number of hydrogen-bond acceptors (Lipinski definition) is 2.